The molecule has 1 amide bonds. The second kappa shape index (κ2) is 7.45. The zero-order valence-electron chi connectivity index (χ0n) is 14.9. The normalized spacial score (nSPS) is 26.0. The van der Waals surface area contributed by atoms with Gasteiger partial charge in [0.05, 0.1) is 17.7 Å². The van der Waals surface area contributed by atoms with Gasteiger partial charge in [0, 0.05) is 17.6 Å². The van der Waals surface area contributed by atoms with E-state index in [2.05, 4.69) is 15.9 Å². The summed E-state index contributed by atoms with van der Waals surface area (Å²) in [6.07, 6.45) is 2.04. The molecule has 3 rings (SSSR count). The van der Waals surface area contributed by atoms with E-state index in [1.165, 1.54) is 0 Å². The minimum Gasteiger partial charge on any atom is -0.444 e. The molecule has 3 atom stereocenters. The number of benzene rings is 1. The highest BCUT2D eigenvalue weighted by molar-refractivity contribution is 9.10. The Morgan fingerprint density at radius 1 is 1.28 bits per heavy atom. The van der Waals surface area contributed by atoms with Crippen molar-refractivity contribution < 1.29 is 14.3 Å². The quantitative estimate of drug-likeness (QED) is 0.656. The number of carbonyl (C=O) groups is 1. The maximum Gasteiger partial charge on any atom is 0.410 e. The maximum absolute atomic E-state index is 12.2. The molecule has 0 radical (unpaired) electrons. The number of fused-ring (bicyclic) bond motifs is 1. The predicted molar refractivity (Wildman–Crippen MR) is 102 cm³/mol. The second-order valence-electron chi connectivity index (χ2n) is 8.02. The molecule has 0 N–H and O–H groups in total. The summed E-state index contributed by atoms with van der Waals surface area (Å²) in [6, 6.07) is 5.89. The van der Waals surface area contributed by atoms with Gasteiger partial charge in [-0.3, -0.25) is 0 Å². The largest absolute Gasteiger partial charge is 0.444 e. The number of rotatable bonds is 3. The van der Waals surface area contributed by atoms with Crippen LogP contribution in [-0.4, -0.2) is 35.8 Å². The third kappa shape index (κ3) is 4.69. The van der Waals surface area contributed by atoms with Crippen molar-refractivity contribution in [3.8, 4) is 0 Å². The first-order valence-corrected chi connectivity index (χ1v) is 9.92. The smallest absolute Gasteiger partial charge is 0.410 e. The molecule has 1 saturated carbocycles. The van der Waals surface area contributed by atoms with Gasteiger partial charge in [-0.1, -0.05) is 23.7 Å². The average Bonchev–Trinajstić information content (AvgIpc) is 3.05. The van der Waals surface area contributed by atoms with Gasteiger partial charge in [0.25, 0.3) is 0 Å². The van der Waals surface area contributed by atoms with Crippen molar-refractivity contribution in [2.24, 2.45) is 11.8 Å². The Morgan fingerprint density at radius 3 is 2.52 bits per heavy atom. The highest BCUT2D eigenvalue weighted by atomic mass is 79.9. The summed E-state index contributed by atoms with van der Waals surface area (Å²) >= 11 is 9.74. The minimum atomic E-state index is -0.441. The number of halogens is 2. The Bertz CT molecular complexity index is 632. The van der Waals surface area contributed by atoms with Gasteiger partial charge in [0.15, 0.2) is 0 Å². The van der Waals surface area contributed by atoms with Crippen LogP contribution >= 0.6 is 27.5 Å². The van der Waals surface area contributed by atoms with E-state index < -0.39 is 5.60 Å². The predicted octanol–water partition coefficient (Wildman–Crippen LogP) is 5.26. The topological polar surface area (TPSA) is 38.8 Å². The van der Waals surface area contributed by atoms with E-state index in [1.54, 1.807) is 0 Å². The van der Waals surface area contributed by atoms with E-state index >= 15 is 0 Å². The van der Waals surface area contributed by atoms with E-state index in [9.17, 15) is 4.79 Å². The molecule has 0 aromatic heterocycles. The molecule has 1 unspecified atom stereocenters. The molecule has 1 heterocycles. The molecule has 0 spiro atoms. The molecule has 1 aromatic carbocycles. The standard InChI is InChI=1S/C19H25BrClNO3/c1-19(2,3)25-18(23)22-9-13-7-15(8-14(13)10-22)24-11-12-5-4-6-16(20)17(12)21/h4-6,13-15H,7-11H2,1-3H3/t13-,14+,15?. The molecule has 6 heteroatoms. The van der Waals surface area contributed by atoms with Gasteiger partial charge in [-0.15, -0.1) is 0 Å². The lowest BCUT2D eigenvalue weighted by Crippen LogP contribution is -2.36. The van der Waals surface area contributed by atoms with Crippen LogP contribution in [0, 0.1) is 11.8 Å². The first kappa shape index (κ1) is 19.0. The first-order chi connectivity index (χ1) is 11.7. The van der Waals surface area contributed by atoms with Crippen molar-refractivity contribution in [2.75, 3.05) is 13.1 Å². The third-order valence-electron chi connectivity index (χ3n) is 4.87. The molecule has 2 fully saturated rings. The van der Waals surface area contributed by atoms with Gasteiger partial charge in [-0.2, -0.15) is 0 Å². The van der Waals surface area contributed by atoms with Crippen LogP contribution in [0.1, 0.15) is 39.2 Å². The van der Waals surface area contributed by atoms with Gasteiger partial charge < -0.3 is 14.4 Å². The molecule has 0 bridgehead atoms. The van der Waals surface area contributed by atoms with Crippen molar-refractivity contribution in [1.82, 2.24) is 4.90 Å². The van der Waals surface area contributed by atoms with Crippen LogP contribution in [-0.2, 0) is 16.1 Å². The molecule has 2 aliphatic rings. The van der Waals surface area contributed by atoms with E-state index in [4.69, 9.17) is 21.1 Å². The summed E-state index contributed by atoms with van der Waals surface area (Å²) in [5.41, 5.74) is 0.562. The van der Waals surface area contributed by atoms with E-state index in [0.29, 0.717) is 18.4 Å². The number of hydrogen-bond acceptors (Lipinski definition) is 3. The zero-order valence-corrected chi connectivity index (χ0v) is 17.3. The van der Waals surface area contributed by atoms with Gasteiger partial charge >= 0.3 is 6.09 Å². The first-order valence-electron chi connectivity index (χ1n) is 8.75. The Balaban J connectivity index is 1.48. The van der Waals surface area contributed by atoms with Gasteiger partial charge in [-0.25, -0.2) is 4.79 Å². The fourth-order valence-electron chi connectivity index (χ4n) is 3.72. The number of amides is 1. The molecular weight excluding hydrogens is 406 g/mol. The van der Waals surface area contributed by atoms with Crippen molar-refractivity contribution in [1.29, 1.82) is 0 Å². The summed E-state index contributed by atoms with van der Waals surface area (Å²) in [4.78, 5) is 14.1. The summed E-state index contributed by atoms with van der Waals surface area (Å²) in [7, 11) is 0. The van der Waals surface area contributed by atoms with Gasteiger partial charge in [-0.05, 0) is 73.0 Å². The SMILES string of the molecule is CC(C)(C)OC(=O)N1C[C@H]2CC(OCc3cccc(Br)c3Cl)C[C@H]2C1. The van der Waals surface area contributed by atoms with Crippen LogP contribution in [0.4, 0.5) is 4.79 Å². The highest BCUT2D eigenvalue weighted by Gasteiger charge is 2.43. The number of nitrogens with zero attached hydrogens (tertiary/aromatic N) is 1. The Hall–Kier alpha value is -0.780. The number of hydrogen-bond donors (Lipinski definition) is 0. The van der Waals surface area contributed by atoms with Crippen LogP contribution in [0.2, 0.25) is 5.02 Å². The van der Waals surface area contributed by atoms with Crippen molar-refractivity contribution in [3.05, 3.63) is 33.3 Å². The molecule has 1 aliphatic heterocycles. The van der Waals surface area contributed by atoms with Crippen molar-refractivity contribution in [2.45, 2.75) is 51.9 Å². The number of ether oxygens (including phenoxy) is 2. The molecular formula is C19H25BrClNO3. The molecule has 25 heavy (non-hydrogen) atoms. The number of likely N-dealkylation sites (tertiary alicyclic amines) is 1. The Kier molecular flexibility index (Phi) is 5.66. The lowest BCUT2D eigenvalue weighted by molar-refractivity contribution is 0.0205. The molecule has 138 valence electrons. The zero-order chi connectivity index (χ0) is 18.2. The lowest BCUT2D eigenvalue weighted by Gasteiger charge is -2.25. The van der Waals surface area contributed by atoms with Crippen molar-refractivity contribution >= 4 is 33.6 Å². The maximum atomic E-state index is 12.2. The van der Waals surface area contributed by atoms with Crippen LogP contribution in [0.25, 0.3) is 0 Å². The fourth-order valence-corrected chi connectivity index (χ4v) is 4.31. The van der Waals surface area contributed by atoms with E-state index in [-0.39, 0.29) is 12.2 Å². The monoisotopic (exact) mass is 429 g/mol. The summed E-state index contributed by atoms with van der Waals surface area (Å²) in [6.45, 7) is 7.78. The third-order valence-corrected chi connectivity index (χ3v) is 6.20. The van der Waals surface area contributed by atoms with Crippen LogP contribution < -0.4 is 0 Å². The Morgan fingerprint density at radius 2 is 1.92 bits per heavy atom. The average molecular weight is 431 g/mol. The summed E-state index contributed by atoms with van der Waals surface area (Å²) in [5.74, 6) is 1.02. The summed E-state index contributed by atoms with van der Waals surface area (Å²) < 4.78 is 12.5. The molecule has 4 nitrogen and oxygen atoms in total. The lowest BCUT2D eigenvalue weighted by atomic mass is 10.0. The van der Waals surface area contributed by atoms with Crippen LogP contribution in [0.5, 0.6) is 0 Å². The van der Waals surface area contributed by atoms with E-state index in [1.807, 2.05) is 43.9 Å². The molecule has 1 aliphatic carbocycles. The highest BCUT2D eigenvalue weighted by Crippen LogP contribution is 2.40. The minimum absolute atomic E-state index is 0.194. The van der Waals surface area contributed by atoms with Gasteiger partial charge in [0.1, 0.15) is 5.60 Å². The Labute approximate surface area is 162 Å². The molecule has 1 aromatic rings. The van der Waals surface area contributed by atoms with Crippen LogP contribution in [0.15, 0.2) is 22.7 Å². The van der Waals surface area contributed by atoms with Gasteiger partial charge in [0.2, 0.25) is 0 Å². The number of carbonyl (C=O) groups excluding carboxylic acids is 1. The summed E-state index contributed by atoms with van der Waals surface area (Å²) in [5, 5.41) is 0.719. The van der Waals surface area contributed by atoms with Crippen molar-refractivity contribution in [3.63, 3.8) is 0 Å². The fraction of sp³-hybridized carbons (Fsp3) is 0.632. The molecule has 1 saturated heterocycles. The second-order valence-corrected chi connectivity index (χ2v) is 9.26. The van der Waals surface area contributed by atoms with E-state index in [0.717, 1.165) is 41.0 Å². The van der Waals surface area contributed by atoms with Crippen LogP contribution in [0.3, 0.4) is 0 Å².